The van der Waals surface area contributed by atoms with Crippen molar-refractivity contribution in [1.82, 2.24) is 9.97 Å². The van der Waals surface area contributed by atoms with Gasteiger partial charge in [0.2, 0.25) is 5.91 Å². The highest BCUT2D eigenvalue weighted by atomic mass is 16.5. The highest BCUT2D eigenvalue weighted by Crippen LogP contribution is 2.31. The minimum Gasteiger partial charge on any atom is -0.469 e. The Morgan fingerprint density at radius 3 is 2.74 bits per heavy atom. The summed E-state index contributed by atoms with van der Waals surface area (Å²) in [5.41, 5.74) is 1.74. The fourth-order valence-electron chi connectivity index (χ4n) is 3.51. The van der Waals surface area contributed by atoms with Crippen LogP contribution in [0.2, 0.25) is 0 Å². The summed E-state index contributed by atoms with van der Waals surface area (Å²) >= 11 is 0. The van der Waals surface area contributed by atoms with Gasteiger partial charge in [-0.1, -0.05) is 18.6 Å². The van der Waals surface area contributed by atoms with E-state index in [4.69, 9.17) is 4.74 Å². The van der Waals surface area contributed by atoms with Gasteiger partial charge in [-0.2, -0.15) is 0 Å². The number of carbonyl (C=O) groups is 2. The van der Waals surface area contributed by atoms with Crippen LogP contribution in [0.5, 0.6) is 0 Å². The van der Waals surface area contributed by atoms with Gasteiger partial charge in [0.25, 0.3) is 5.56 Å². The van der Waals surface area contributed by atoms with Gasteiger partial charge in [0.15, 0.2) is 0 Å². The normalized spacial score (nSPS) is 19.3. The third-order valence-electron chi connectivity index (χ3n) is 4.85. The van der Waals surface area contributed by atoms with Crippen LogP contribution in [-0.4, -0.2) is 29.0 Å². The molecular weight excluding hydrogens is 346 g/mol. The molecule has 0 bridgehead atoms. The Balaban J connectivity index is 1.73. The van der Waals surface area contributed by atoms with Gasteiger partial charge < -0.3 is 15.0 Å². The Hall–Kier alpha value is -2.96. The van der Waals surface area contributed by atoms with Gasteiger partial charge in [-0.05, 0) is 38.3 Å². The van der Waals surface area contributed by atoms with Crippen LogP contribution >= 0.6 is 0 Å². The number of esters is 1. The van der Waals surface area contributed by atoms with E-state index in [0.29, 0.717) is 29.2 Å². The molecule has 0 spiro atoms. The molecule has 3 rings (SSSR count). The van der Waals surface area contributed by atoms with Crippen molar-refractivity contribution >= 4 is 17.6 Å². The molecule has 1 aliphatic carbocycles. The summed E-state index contributed by atoms with van der Waals surface area (Å²) in [6.45, 7) is 1.76. The summed E-state index contributed by atoms with van der Waals surface area (Å²) in [5.74, 6) is -0.328. The number of hydrogen-bond acceptors (Lipinski definition) is 5. The van der Waals surface area contributed by atoms with E-state index in [1.807, 2.05) is 6.07 Å². The Bertz CT molecular complexity index is 906. The van der Waals surface area contributed by atoms with E-state index < -0.39 is 0 Å². The molecule has 2 N–H and O–H groups in total. The van der Waals surface area contributed by atoms with Crippen LogP contribution < -0.4 is 10.9 Å². The molecule has 0 radical (unpaired) electrons. The van der Waals surface area contributed by atoms with Gasteiger partial charge in [0.05, 0.1) is 13.0 Å². The number of nitrogens with one attached hydrogen (secondary N) is 2. The second-order valence-corrected chi connectivity index (χ2v) is 6.89. The molecule has 0 saturated heterocycles. The predicted molar refractivity (Wildman–Crippen MR) is 101 cm³/mol. The second-order valence-electron chi connectivity index (χ2n) is 6.89. The van der Waals surface area contributed by atoms with Crippen molar-refractivity contribution in [3.8, 4) is 11.4 Å². The zero-order valence-corrected chi connectivity index (χ0v) is 15.5. The van der Waals surface area contributed by atoms with E-state index in [0.717, 1.165) is 19.3 Å². The quantitative estimate of drug-likeness (QED) is 0.807. The van der Waals surface area contributed by atoms with E-state index in [-0.39, 0.29) is 29.3 Å². The number of benzene rings is 1. The third-order valence-corrected chi connectivity index (χ3v) is 4.85. The highest BCUT2D eigenvalue weighted by molar-refractivity contribution is 5.93. The van der Waals surface area contributed by atoms with E-state index >= 15 is 0 Å². The van der Waals surface area contributed by atoms with Gasteiger partial charge in [-0.3, -0.25) is 14.4 Å². The molecule has 1 aliphatic rings. The lowest BCUT2D eigenvalue weighted by molar-refractivity contribution is -0.147. The predicted octanol–water partition coefficient (Wildman–Crippen LogP) is 2.66. The van der Waals surface area contributed by atoms with Crippen molar-refractivity contribution in [3.63, 3.8) is 0 Å². The minimum atomic E-state index is -0.246. The number of ether oxygens (including phenoxy) is 1. The zero-order valence-electron chi connectivity index (χ0n) is 15.5. The number of methoxy groups -OCH3 is 1. The molecule has 0 aliphatic heterocycles. The van der Waals surface area contributed by atoms with Crippen LogP contribution in [0, 0.1) is 18.8 Å². The number of anilines is 1. The topological polar surface area (TPSA) is 101 Å². The molecule has 1 amide bonds. The molecule has 2 aromatic rings. The van der Waals surface area contributed by atoms with Crippen molar-refractivity contribution in [2.24, 2.45) is 11.8 Å². The first-order valence-electron chi connectivity index (χ1n) is 9.03. The number of amides is 1. The summed E-state index contributed by atoms with van der Waals surface area (Å²) in [7, 11) is 1.38. The smallest absolute Gasteiger partial charge is 0.308 e. The fraction of sp³-hybridized carbons (Fsp3) is 0.400. The van der Waals surface area contributed by atoms with E-state index in [9.17, 15) is 14.4 Å². The lowest BCUT2D eigenvalue weighted by atomic mass is 9.81. The largest absolute Gasteiger partial charge is 0.469 e. The van der Waals surface area contributed by atoms with Crippen molar-refractivity contribution in [2.45, 2.75) is 32.6 Å². The molecule has 27 heavy (non-hydrogen) atoms. The number of aryl methyl sites for hydroxylation is 1. The third kappa shape index (κ3) is 4.61. The number of H-pyrrole nitrogens is 1. The number of hydrogen-bond donors (Lipinski definition) is 2. The Morgan fingerprint density at radius 2 is 2.00 bits per heavy atom. The number of rotatable bonds is 4. The Morgan fingerprint density at radius 1 is 1.22 bits per heavy atom. The maximum absolute atomic E-state index is 12.6. The van der Waals surface area contributed by atoms with Crippen molar-refractivity contribution in [2.75, 3.05) is 12.4 Å². The first-order chi connectivity index (χ1) is 13.0. The van der Waals surface area contributed by atoms with Gasteiger partial charge in [-0.25, -0.2) is 4.98 Å². The first-order valence-corrected chi connectivity index (χ1v) is 9.03. The van der Waals surface area contributed by atoms with E-state index in [2.05, 4.69) is 15.3 Å². The number of carbonyl (C=O) groups excluding carboxylic acids is 2. The van der Waals surface area contributed by atoms with Crippen molar-refractivity contribution < 1.29 is 14.3 Å². The Kier molecular flexibility index (Phi) is 5.69. The molecule has 142 valence electrons. The lowest BCUT2D eigenvalue weighted by Crippen LogP contribution is -2.31. The van der Waals surface area contributed by atoms with Gasteiger partial charge in [-0.15, -0.1) is 0 Å². The highest BCUT2D eigenvalue weighted by Gasteiger charge is 2.31. The molecule has 1 aromatic heterocycles. The molecule has 1 fully saturated rings. The first kappa shape index (κ1) is 18.8. The molecule has 1 heterocycles. The van der Waals surface area contributed by atoms with Crippen LogP contribution in [0.15, 0.2) is 35.1 Å². The SMILES string of the molecule is COC(=O)[C@@H]1CCC[C@@H](C(=O)Nc2cccc(-c3nc(C)cc(=O)[nH]3)c2)C1. The fourth-order valence-corrected chi connectivity index (χ4v) is 3.51. The van der Waals surface area contributed by atoms with Crippen LogP contribution in [0.1, 0.15) is 31.4 Å². The van der Waals surface area contributed by atoms with Gasteiger partial charge in [0.1, 0.15) is 5.82 Å². The molecule has 7 heteroatoms. The van der Waals surface area contributed by atoms with Crippen LogP contribution in [-0.2, 0) is 14.3 Å². The number of aromatic nitrogens is 2. The van der Waals surface area contributed by atoms with Gasteiger partial charge in [0, 0.05) is 28.9 Å². The maximum atomic E-state index is 12.6. The molecule has 2 atom stereocenters. The summed E-state index contributed by atoms with van der Waals surface area (Å²) in [5, 5.41) is 2.92. The number of aromatic amines is 1. The van der Waals surface area contributed by atoms with Gasteiger partial charge >= 0.3 is 5.97 Å². The van der Waals surface area contributed by atoms with E-state index in [1.54, 1.807) is 25.1 Å². The zero-order chi connectivity index (χ0) is 19.4. The monoisotopic (exact) mass is 369 g/mol. The summed E-state index contributed by atoms with van der Waals surface area (Å²) < 4.78 is 4.81. The average Bonchev–Trinajstić information content (AvgIpc) is 2.67. The molecular formula is C20H23N3O4. The molecule has 1 saturated carbocycles. The lowest BCUT2D eigenvalue weighted by Gasteiger charge is -2.26. The maximum Gasteiger partial charge on any atom is 0.308 e. The van der Waals surface area contributed by atoms with Crippen LogP contribution in [0.3, 0.4) is 0 Å². The standard InChI is InChI=1S/C20H23N3O4/c1-12-9-17(24)23-18(21-12)13-5-4-8-16(11-13)22-19(25)14-6-3-7-15(10-14)20(26)27-2/h4-5,8-9,11,14-15H,3,6-7,10H2,1-2H3,(H,22,25)(H,21,23,24)/t14-,15-/m1/s1. The summed E-state index contributed by atoms with van der Waals surface area (Å²) in [6, 6.07) is 8.61. The summed E-state index contributed by atoms with van der Waals surface area (Å²) in [6.07, 6.45) is 2.85. The molecule has 0 unspecified atom stereocenters. The minimum absolute atomic E-state index is 0.105. The van der Waals surface area contributed by atoms with Crippen molar-refractivity contribution in [3.05, 3.63) is 46.4 Å². The van der Waals surface area contributed by atoms with Crippen LogP contribution in [0.4, 0.5) is 5.69 Å². The van der Waals surface area contributed by atoms with Crippen molar-refractivity contribution in [1.29, 1.82) is 0 Å². The average molecular weight is 369 g/mol. The Labute approximate surface area is 157 Å². The van der Waals surface area contributed by atoms with Crippen LogP contribution in [0.25, 0.3) is 11.4 Å². The number of nitrogens with zero attached hydrogens (tertiary/aromatic N) is 1. The second kappa shape index (κ2) is 8.16. The summed E-state index contributed by atoms with van der Waals surface area (Å²) in [4.78, 5) is 43.1. The van der Waals surface area contributed by atoms with E-state index in [1.165, 1.54) is 13.2 Å². The molecule has 7 nitrogen and oxygen atoms in total. The molecule has 1 aromatic carbocycles.